The average Bonchev–Trinajstić information content (AvgIpc) is 1.25. The molecule has 0 unspecified atom stereocenters. The number of hydrogen-bond donors (Lipinski definition) is 3. The first-order chi connectivity index (χ1) is 42.9. The number of rotatable bonds is 14. The molecular formula is C59H60ClF20N7O7S. The van der Waals surface area contributed by atoms with E-state index >= 15 is 0 Å². The van der Waals surface area contributed by atoms with Crippen molar-refractivity contribution in [3.8, 4) is 0 Å². The predicted octanol–water partition coefficient (Wildman–Crippen LogP) is 12.6. The first-order valence-electron chi connectivity index (χ1n) is 26.8. The molecule has 5 N–H and O–H groups in total. The van der Waals surface area contributed by atoms with Crippen LogP contribution in [-0.2, 0) is 67.5 Å². The standard InChI is InChI=1S/C18H20F4N4O4.C13H17F4NOS.C10H7F4NO.C9H9F4N.C9H6F4O.ClH/c1-10(2)29-16(27)15(7-26-9-23-8-24-26)30-17(28)25-11(3)12-4-5-13(14(19)6-12)18(20,21)22;1-8(18-20(19)12(2,3)4)9-5-6-10(11(14)7-9)13(15,16)17;1-6(15-5-16)7-2-3-8(9(11)4-7)10(12,13)14;2*1-5(14)6-2-3-7(8(10)4-6)9(11,12)13;/h4-6,8-11,15H,7H2,1-3H3,(H,25,28);5-8,18H,1-4H3;2-4,6H,1H3;2-5H,14H2,1H3;2-4H,1H3;1H/t11-,15+;8-,20-;6-;5-;;/m0000../s1. The van der Waals surface area contributed by atoms with E-state index in [2.05, 4.69) is 30.8 Å². The molecule has 0 saturated carbocycles. The van der Waals surface area contributed by atoms with Crippen molar-refractivity contribution in [2.75, 3.05) is 0 Å². The molecule has 0 bridgehead atoms. The smallest absolute Gasteiger partial charge is 0.419 e. The number of carbonyl (C=O) groups excluding carboxylic acids is 4. The molecule has 0 fully saturated rings. The zero-order chi connectivity index (χ0) is 72.4. The Morgan fingerprint density at radius 1 is 0.579 bits per heavy atom. The van der Waals surface area contributed by atoms with Crippen LogP contribution < -0.4 is 28.2 Å². The number of alkyl carbamates (subject to hydrolysis) is 1. The number of aromatic nitrogens is 3. The first kappa shape index (κ1) is 85.0. The number of ketones is 1. The minimum absolute atomic E-state index is 0. The first-order valence-corrected chi connectivity index (χ1v) is 28.0. The Morgan fingerprint density at radius 2 is 0.947 bits per heavy atom. The highest BCUT2D eigenvalue weighted by atomic mass is 35.5. The molecule has 0 spiro atoms. The number of aliphatic imine (C=N–C) groups is 1. The number of nitrogens with zero attached hydrogens (tertiary/aromatic N) is 4. The maximum absolute atomic E-state index is 13.8. The zero-order valence-electron chi connectivity index (χ0n) is 51.2. The van der Waals surface area contributed by atoms with Gasteiger partial charge in [0.25, 0.3) is 0 Å². The average molecular weight is 1430 g/mol. The fourth-order valence-corrected chi connectivity index (χ4v) is 7.87. The fourth-order valence-electron chi connectivity index (χ4n) is 7.06. The van der Waals surface area contributed by atoms with E-state index in [1.165, 1.54) is 49.4 Å². The molecule has 6 rings (SSSR count). The SMILES string of the molecule is CC(=O)c1ccc(C(F)(F)F)c(F)c1.CC(C)OC(=O)[C@@H](Cn1cncn1)OC(=O)N[C@@H](C)c1ccc(C(F)(F)F)c(F)c1.C[C@H](N=C=O)c1ccc(C(F)(F)F)c(F)c1.C[C@H](N[S@@](=O)C(C)(C)C)c1ccc(C(F)(F)F)c(F)c1.C[C@H]([NH3+])c1ccc(C(F)(F)F)c(F)c1.[Cl-]. The van der Waals surface area contributed by atoms with Gasteiger partial charge in [0.2, 0.25) is 12.2 Å². The Balaban J connectivity index is 0.000000614. The molecule has 95 heavy (non-hydrogen) atoms. The molecule has 0 aliphatic heterocycles. The molecule has 526 valence electrons. The lowest BCUT2D eigenvalue weighted by atomic mass is 10.1. The number of amides is 1. The molecule has 6 aromatic rings. The van der Waals surface area contributed by atoms with Crippen LogP contribution >= 0.6 is 0 Å². The Bertz CT molecular complexity index is 3570. The molecule has 1 heterocycles. The Hall–Kier alpha value is -8.01. The van der Waals surface area contributed by atoms with Crippen molar-refractivity contribution >= 4 is 34.9 Å². The highest BCUT2D eigenvalue weighted by Gasteiger charge is 2.38. The van der Waals surface area contributed by atoms with E-state index in [0.717, 1.165) is 43.3 Å². The second kappa shape index (κ2) is 35.7. The lowest BCUT2D eigenvalue weighted by molar-refractivity contribution is -0.420. The molecule has 5 aromatic carbocycles. The third-order valence-electron chi connectivity index (χ3n) is 12.0. The molecule has 36 heteroatoms. The maximum atomic E-state index is 13.8. The number of carbonyl (C=O) groups is 3. The van der Waals surface area contributed by atoms with Crippen LogP contribution in [0.25, 0.3) is 0 Å². The van der Waals surface area contributed by atoms with Gasteiger partial charge in [-0.05, 0) is 147 Å². The molecule has 1 amide bonds. The van der Waals surface area contributed by atoms with Crippen LogP contribution in [0.2, 0.25) is 0 Å². The van der Waals surface area contributed by atoms with Crippen LogP contribution in [0.3, 0.4) is 0 Å². The summed E-state index contributed by atoms with van der Waals surface area (Å²) in [4.78, 5) is 52.1. The summed E-state index contributed by atoms with van der Waals surface area (Å²) in [5.74, 6) is -8.13. The van der Waals surface area contributed by atoms with Gasteiger partial charge in [0.15, 0.2) is 5.78 Å². The monoisotopic (exact) mass is 1430 g/mol. The van der Waals surface area contributed by atoms with Gasteiger partial charge in [-0.15, -0.1) is 0 Å². The topological polar surface area (TPSA) is 199 Å². The Labute approximate surface area is 538 Å². The van der Waals surface area contributed by atoms with Gasteiger partial charge in [0.05, 0.1) is 68.3 Å². The summed E-state index contributed by atoms with van der Waals surface area (Å²) < 4.78 is 276. The summed E-state index contributed by atoms with van der Waals surface area (Å²) in [6, 6.07) is 10.0. The van der Waals surface area contributed by atoms with Crippen LogP contribution in [0, 0.1) is 29.1 Å². The van der Waals surface area contributed by atoms with Gasteiger partial charge < -0.3 is 32.9 Å². The predicted molar refractivity (Wildman–Crippen MR) is 297 cm³/mol. The largest absolute Gasteiger partial charge is 1.00 e. The van der Waals surface area contributed by atoms with Crippen molar-refractivity contribution < 1.29 is 139 Å². The molecule has 0 saturated heterocycles. The number of isocyanates is 1. The van der Waals surface area contributed by atoms with Crippen molar-refractivity contribution in [1.29, 1.82) is 0 Å². The number of Topliss-reactive ketones (excluding diaryl/α,β-unsaturated/α-hetero) is 1. The lowest BCUT2D eigenvalue weighted by Gasteiger charge is -2.22. The van der Waals surface area contributed by atoms with E-state index in [1.807, 2.05) is 0 Å². The van der Waals surface area contributed by atoms with Gasteiger partial charge in [-0.2, -0.15) is 75.9 Å². The van der Waals surface area contributed by atoms with Crippen molar-refractivity contribution in [2.45, 2.75) is 148 Å². The highest BCUT2D eigenvalue weighted by molar-refractivity contribution is 7.84. The van der Waals surface area contributed by atoms with Gasteiger partial charge in [-0.1, -0.05) is 30.3 Å². The second-order valence-electron chi connectivity index (χ2n) is 21.1. The summed E-state index contributed by atoms with van der Waals surface area (Å²) in [5, 5.41) is 6.16. The van der Waals surface area contributed by atoms with Crippen LogP contribution in [0.5, 0.6) is 0 Å². The van der Waals surface area contributed by atoms with Crippen LogP contribution in [-0.4, -0.2) is 59.9 Å². The van der Waals surface area contributed by atoms with Gasteiger partial charge >= 0.3 is 42.9 Å². The number of esters is 1. The minimum atomic E-state index is -4.83. The van der Waals surface area contributed by atoms with Crippen molar-refractivity contribution in [3.05, 3.63) is 188 Å². The van der Waals surface area contributed by atoms with Gasteiger partial charge in [-0.25, -0.2) is 54.9 Å². The van der Waals surface area contributed by atoms with Crippen molar-refractivity contribution in [2.24, 2.45) is 4.99 Å². The van der Waals surface area contributed by atoms with E-state index in [0.29, 0.717) is 53.6 Å². The second-order valence-corrected chi connectivity index (χ2v) is 23.1. The highest BCUT2D eigenvalue weighted by Crippen LogP contribution is 2.37. The fraction of sp³-hybridized carbons (Fsp3) is 0.390. The van der Waals surface area contributed by atoms with Gasteiger partial charge in [-0.3, -0.25) is 4.79 Å². The molecular weight excluding hydrogens is 1370 g/mol. The summed E-state index contributed by atoms with van der Waals surface area (Å²) >= 11 is 0. The van der Waals surface area contributed by atoms with Gasteiger partial charge in [0.1, 0.15) is 47.8 Å². The Kier molecular flexibility index (Phi) is 31.9. The minimum Gasteiger partial charge on any atom is -1.00 e. The van der Waals surface area contributed by atoms with Gasteiger partial charge in [0, 0.05) is 17.2 Å². The number of quaternary nitrogens is 1. The van der Waals surface area contributed by atoms with E-state index in [-0.39, 0.29) is 41.7 Å². The van der Waals surface area contributed by atoms with Crippen LogP contribution in [0.1, 0.15) is 154 Å². The third-order valence-corrected chi connectivity index (χ3v) is 13.7. The molecule has 14 nitrogen and oxygen atoms in total. The molecule has 0 aliphatic rings. The number of nitrogens with one attached hydrogen (secondary N) is 2. The van der Waals surface area contributed by atoms with E-state index in [1.54, 1.807) is 48.5 Å². The van der Waals surface area contributed by atoms with Crippen LogP contribution in [0.15, 0.2) is 109 Å². The molecule has 6 atom stereocenters. The summed E-state index contributed by atoms with van der Waals surface area (Å²) in [6.07, 6.45) is -22.7. The van der Waals surface area contributed by atoms with E-state index in [4.69, 9.17) is 9.47 Å². The van der Waals surface area contributed by atoms with Crippen molar-refractivity contribution in [3.63, 3.8) is 0 Å². The third kappa shape index (κ3) is 28.1. The summed E-state index contributed by atoms with van der Waals surface area (Å²) in [5.41, 5.74) is -2.09. The number of benzene rings is 5. The number of alkyl halides is 15. The normalized spacial score (nSPS) is 13.6. The van der Waals surface area contributed by atoms with Crippen molar-refractivity contribution in [1.82, 2.24) is 24.8 Å². The number of ether oxygens (including phenoxy) is 2. The summed E-state index contributed by atoms with van der Waals surface area (Å²) in [6.45, 7) is 15.7. The Morgan fingerprint density at radius 3 is 1.28 bits per heavy atom. The van der Waals surface area contributed by atoms with E-state index < -0.39 is 152 Å². The lowest BCUT2D eigenvalue weighted by Crippen LogP contribution is -3.00. The zero-order valence-corrected chi connectivity index (χ0v) is 52.8. The van der Waals surface area contributed by atoms with Crippen LogP contribution in [0.4, 0.5) is 92.6 Å². The quantitative estimate of drug-likeness (QED) is 0.0312. The molecule has 1 aromatic heterocycles. The summed E-state index contributed by atoms with van der Waals surface area (Å²) in [7, 11) is -1.39. The van der Waals surface area contributed by atoms with E-state index in [9.17, 15) is 111 Å². The number of halogens is 21. The number of hydrogen-bond acceptors (Lipinski definition) is 10. The molecule has 0 aliphatic carbocycles. The maximum Gasteiger partial charge on any atom is 0.419 e. The molecule has 0 radical (unpaired) electrons.